The summed E-state index contributed by atoms with van der Waals surface area (Å²) >= 11 is 4.10. The van der Waals surface area contributed by atoms with Crippen molar-refractivity contribution in [1.29, 1.82) is 0 Å². The number of amides is 1. The Bertz CT molecular complexity index is 203. The Morgan fingerprint density at radius 3 is 2.92 bits per heavy atom. The minimum absolute atomic E-state index is 0.206. The van der Waals surface area contributed by atoms with E-state index in [9.17, 15) is 4.79 Å². The van der Waals surface area contributed by atoms with Gasteiger partial charge < -0.3 is 4.90 Å². The molecule has 0 aromatic heterocycles. The highest BCUT2D eigenvalue weighted by Gasteiger charge is 2.27. The van der Waals surface area contributed by atoms with Crippen LogP contribution in [0.4, 0.5) is 0 Å². The highest BCUT2D eigenvalue weighted by Crippen LogP contribution is 2.17. The third kappa shape index (κ3) is 2.03. The van der Waals surface area contributed by atoms with E-state index < -0.39 is 0 Å². The predicted molar refractivity (Wildman–Crippen MR) is 53.4 cm³/mol. The first-order valence-corrected chi connectivity index (χ1v) is 4.84. The van der Waals surface area contributed by atoms with Crippen LogP contribution >= 0.6 is 12.6 Å². The first-order chi connectivity index (χ1) is 5.65. The van der Waals surface area contributed by atoms with Crippen molar-refractivity contribution in [3.8, 4) is 0 Å². The number of carbonyl (C=O) groups excluding carboxylic acids is 1. The van der Waals surface area contributed by atoms with Gasteiger partial charge in [0, 0.05) is 24.8 Å². The summed E-state index contributed by atoms with van der Waals surface area (Å²) in [5.41, 5.74) is 1.01. The summed E-state index contributed by atoms with van der Waals surface area (Å²) in [4.78, 5) is 13.3. The van der Waals surface area contributed by atoms with Crippen LogP contribution in [0.25, 0.3) is 0 Å². The molecule has 0 aromatic rings. The van der Waals surface area contributed by atoms with Gasteiger partial charge in [0.25, 0.3) is 0 Å². The van der Waals surface area contributed by atoms with Gasteiger partial charge in [-0.05, 0) is 12.0 Å². The largest absolute Gasteiger partial charge is 0.338 e. The second-order valence-electron chi connectivity index (χ2n) is 3.36. The van der Waals surface area contributed by atoms with Gasteiger partial charge in [-0.25, -0.2) is 0 Å². The first-order valence-electron chi connectivity index (χ1n) is 4.21. The second kappa shape index (κ2) is 3.99. The number of carbonyl (C=O) groups is 1. The van der Waals surface area contributed by atoms with E-state index in [1.807, 2.05) is 11.8 Å². The maximum absolute atomic E-state index is 11.4. The van der Waals surface area contributed by atoms with Crippen LogP contribution in [0.2, 0.25) is 0 Å². The Hall–Kier alpha value is -0.440. The first kappa shape index (κ1) is 9.65. The maximum Gasteiger partial charge on any atom is 0.225 e. The highest BCUT2D eigenvalue weighted by molar-refractivity contribution is 7.80. The monoisotopic (exact) mass is 185 g/mol. The molecule has 2 nitrogen and oxygen atoms in total. The van der Waals surface area contributed by atoms with Gasteiger partial charge in [0.05, 0.1) is 0 Å². The molecule has 1 fully saturated rings. The Kier molecular flexibility index (Phi) is 3.20. The van der Waals surface area contributed by atoms with Gasteiger partial charge in [0.1, 0.15) is 0 Å². The molecule has 1 amide bonds. The van der Waals surface area contributed by atoms with Gasteiger partial charge in [0.15, 0.2) is 0 Å². The minimum atomic E-state index is 0.206. The Labute approximate surface area is 79.0 Å². The van der Waals surface area contributed by atoms with Crippen molar-refractivity contribution in [3.63, 3.8) is 0 Å². The molecule has 1 atom stereocenters. The lowest BCUT2D eigenvalue weighted by atomic mass is 10.1. The van der Waals surface area contributed by atoms with Crippen LogP contribution < -0.4 is 0 Å². The van der Waals surface area contributed by atoms with E-state index in [2.05, 4.69) is 19.2 Å². The third-order valence-electron chi connectivity index (χ3n) is 2.20. The van der Waals surface area contributed by atoms with Gasteiger partial charge >= 0.3 is 0 Å². The standard InChI is InChI=1S/C9H15NOS/c1-7(6-12)5-10-4-3-8(2)9(10)11/h8,12H,1,3-6H2,2H3. The van der Waals surface area contributed by atoms with E-state index >= 15 is 0 Å². The van der Waals surface area contributed by atoms with Gasteiger partial charge in [-0.3, -0.25) is 4.79 Å². The summed E-state index contributed by atoms with van der Waals surface area (Å²) in [6.07, 6.45) is 0.985. The van der Waals surface area contributed by atoms with Crippen LogP contribution in [-0.2, 0) is 4.79 Å². The van der Waals surface area contributed by atoms with Crippen molar-refractivity contribution in [1.82, 2.24) is 4.90 Å². The van der Waals surface area contributed by atoms with Gasteiger partial charge in [-0.15, -0.1) is 0 Å². The maximum atomic E-state index is 11.4. The molecule has 1 saturated heterocycles. The molecule has 68 valence electrons. The molecule has 0 radical (unpaired) electrons. The van der Waals surface area contributed by atoms with Crippen molar-refractivity contribution in [2.24, 2.45) is 5.92 Å². The number of nitrogens with zero attached hydrogens (tertiary/aromatic N) is 1. The zero-order chi connectivity index (χ0) is 9.14. The number of hydrogen-bond acceptors (Lipinski definition) is 2. The zero-order valence-corrected chi connectivity index (χ0v) is 8.31. The fourth-order valence-corrected chi connectivity index (χ4v) is 1.47. The van der Waals surface area contributed by atoms with Crippen molar-refractivity contribution >= 4 is 18.5 Å². The average Bonchev–Trinajstić information content (AvgIpc) is 2.36. The molecule has 1 heterocycles. The smallest absolute Gasteiger partial charge is 0.225 e. The topological polar surface area (TPSA) is 20.3 Å². The fraction of sp³-hybridized carbons (Fsp3) is 0.667. The summed E-state index contributed by atoms with van der Waals surface area (Å²) in [6.45, 7) is 7.37. The number of thiol groups is 1. The van der Waals surface area contributed by atoms with Gasteiger partial charge in [0.2, 0.25) is 5.91 Å². The highest BCUT2D eigenvalue weighted by atomic mass is 32.1. The minimum Gasteiger partial charge on any atom is -0.338 e. The second-order valence-corrected chi connectivity index (χ2v) is 3.67. The van der Waals surface area contributed by atoms with E-state index in [1.165, 1.54) is 0 Å². The summed E-state index contributed by atoms with van der Waals surface area (Å²) in [6, 6.07) is 0. The number of hydrogen-bond donors (Lipinski definition) is 1. The molecule has 0 aliphatic carbocycles. The molecule has 0 spiro atoms. The van der Waals surface area contributed by atoms with Crippen LogP contribution in [0.5, 0.6) is 0 Å². The van der Waals surface area contributed by atoms with Crippen LogP contribution in [-0.4, -0.2) is 29.6 Å². The third-order valence-corrected chi connectivity index (χ3v) is 2.65. The van der Waals surface area contributed by atoms with Crippen molar-refractivity contribution in [2.75, 3.05) is 18.8 Å². The van der Waals surface area contributed by atoms with Crippen LogP contribution in [0, 0.1) is 5.92 Å². The normalized spacial score (nSPS) is 23.3. The van der Waals surface area contributed by atoms with Gasteiger partial charge in [-0.1, -0.05) is 13.5 Å². The van der Waals surface area contributed by atoms with Crippen molar-refractivity contribution < 1.29 is 4.79 Å². The van der Waals surface area contributed by atoms with E-state index in [0.29, 0.717) is 12.3 Å². The Morgan fingerprint density at radius 1 is 1.83 bits per heavy atom. The quantitative estimate of drug-likeness (QED) is 0.520. The number of rotatable bonds is 3. The lowest BCUT2D eigenvalue weighted by Crippen LogP contribution is -2.28. The Morgan fingerprint density at radius 2 is 2.50 bits per heavy atom. The van der Waals surface area contributed by atoms with E-state index in [-0.39, 0.29) is 11.8 Å². The Balaban J connectivity index is 2.44. The molecule has 12 heavy (non-hydrogen) atoms. The van der Waals surface area contributed by atoms with E-state index in [4.69, 9.17) is 0 Å². The van der Waals surface area contributed by atoms with E-state index in [0.717, 1.165) is 18.5 Å². The van der Waals surface area contributed by atoms with E-state index in [1.54, 1.807) is 0 Å². The van der Waals surface area contributed by atoms with Crippen LogP contribution in [0.3, 0.4) is 0 Å². The summed E-state index contributed by atoms with van der Waals surface area (Å²) in [5, 5.41) is 0. The molecule has 1 unspecified atom stereocenters. The summed E-state index contributed by atoms with van der Waals surface area (Å²) in [7, 11) is 0. The molecule has 0 saturated carbocycles. The molecule has 0 aromatic carbocycles. The van der Waals surface area contributed by atoms with Crippen LogP contribution in [0.1, 0.15) is 13.3 Å². The summed E-state index contributed by atoms with van der Waals surface area (Å²) < 4.78 is 0. The molecule has 1 aliphatic rings. The summed E-state index contributed by atoms with van der Waals surface area (Å²) in [5.74, 6) is 1.13. The lowest BCUT2D eigenvalue weighted by molar-refractivity contribution is -0.130. The van der Waals surface area contributed by atoms with Crippen molar-refractivity contribution in [2.45, 2.75) is 13.3 Å². The van der Waals surface area contributed by atoms with Gasteiger partial charge in [-0.2, -0.15) is 12.6 Å². The zero-order valence-electron chi connectivity index (χ0n) is 7.42. The molecular weight excluding hydrogens is 170 g/mol. The van der Waals surface area contributed by atoms with Crippen LogP contribution in [0.15, 0.2) is 12.2 Å². The molecule has 1 aliphatic heterocycles. The molecule has 1 rings (SSSR count). The van der Waals surface area contributed by atoms with Crippen molar-refractivity contribution in [3.05, 3.63) is 12.2 Å². The average molecular weight is 185 g/mol. The predicted octanol–water partition coefficient (Wildman–Crippen LogP) is 1.34. The lowest BCUT2D eigenvalue weighted by Gasteiger charge is -2.16. The SMILES string of the molecule is C=C(CS)CN1CCC(C)C1=O. The molecule has 0 N–H and O–H groups in total. The number of likely N-dealkylation sites (tertiary alicyclic amines) is 1. The molecule has 0 bridgehead atoms. The molecular formula is C9H15NOS. The molecule has 3 heteroatoms. The fourth-order valence-electron chi connectivity index (χ4n) is 1.37.